The molecular weight excluding hydrogens is 240 g/mol. The molecule has 0 aromatic rings. The molecule has 0 bridgehead atoms. The van der Waals surface area contributed by atoms with Crippen molar-refractivity contribution in [2.24, 2.45) is 5.92 Å². The second kappa shape index (κ2) is 7.82. The average molecular weight is 264 g/mol. The second-order valence-electron chi connectivity index (χ2n) is 4.33. The smallest absolute Gasteiger partial charge is 0.161 e. The van der Waals surface area contributed by atoms with Crippen LogP contribution in [-0.4, -0.2) is 36.9 Å². The van der Waals surface area contributed by atoms with Crippen LogP contribution in [0.15, 0.2) is 0 Å². The van der Waals surface area contributed by atoms with Crippen molar-refractivity contribution in [3.8, 4) is 0 Å². The van der Waals surface area contributed by atoms with Crippen molar-refractivity contribution < 1.29 is 18.3 Å². The zero-order chi connectivity index (χ0) is 13.5. The molecule has 1 N–H and O–H groups in total. The Bertz CT molecular complexity index is 317. The highest BCUT2D eigenvalue weighted by Crippen LogP contribution is 2.15. The predicted molar refractivity (Wildman–Crippen MR) is 68.6 cm³/mol. The quantitative estimate of drug-likeness (QED) is 0.686. The fraction of sp³-hybridized carbons (Fsp3) is 0.917. The Morgan fingerprint density at radius 2 is 1.71 bits per heavy atom. The minimum absolute atomic E-state index is 0.00900. The van der Waals surface area contributed by atoms with Crippen LogP contribution in [0.5, 0.6) is 0 Å². The van der Waals surface area contributed by atoms with E-state index in [0.29, 0.717) is 6.42 Å². The second-order valence-corrected chi connectivity index (χ2v) is 6.80. The van der Waals surface area contributed by atoms with Gasteiger partial charge in [0.15, 0.2) is 5.78 Å². The molecule has 0 rings (SSSR count). The lowest BCUT2D eigenvalue weighted by Crippen LogP contribution is -2.29. The highest BCUT2D eigenvalue weighted by molar-refractivity contribution is 7.91. The lowest BCUT2D eigenvalue weighted by molar-refractivity contribution is -0.130. The molecule has 1 atom stereocenters. The van der Waals surface area contributed by atoms with Crippen molar-refractivity contribution in [1.29, 1.82) is 0 Å². The number of aliphatic hydroxyl groups is 1. The Hall–Kier alpha value is -0.420. The van der Waals surface area contributed by atoms with Crippen molar-refractivity contribution in [1.82, 2.24) is 0 Å². The molecule has 0 aliphatic heterocycles. The van der Waals surface area contributed by atoms with Gasteiger partial charge in [-0.3, -0.25) is 4.79 Å². The van der Waals surface area contributed by atoms with Crippen molar-refractivity contribution in [2.75, 3.05) is 11.5 Å². The summed E-state index contributed by atoms with van der Waals surface area (Å²) in [5, 5.41) is 9.77. The number of ketones is 1. The number of rotatable bonds is 9. The van der Waals surface area contributed by atoms with Crippen LogP contribution in [0, 0.1) is 5.92 Å². The van der Waals surface area contributed by atoms with Gasteiger partial charge < -0.3 is 5.11 Å². The van der Waals surface area contributed by atoms with Crippen molar-refractivity contribution >= 4 is 15.6 Å². The summed E-state index contributed by atoms with van der Waals surface area (Å²) >= 11 is 0. The van der Waals surface area contributed by atoms with Gasteiger partial charge in [0.1, 0.15) is 15.9 Å². The lowest BCUT2D eigenvalue weighted by Gasteiger charge is -2.18. The van der Waals surface area contributed by atoms with Crippen LogP contribution in [0.4, 0.5) is 0 Å². The summed E-state index contributed by atoms with van der Waals surface area (Å²) in [4.78, 5) is 11.6. The molecule has 1 unspecified atom stereocenters. The summed E-state index contributed by atoms with van der Waals surface area (Å²) in [6.07, 6.45) is 1.05. The van der Waals surface area contributed by atoms with Gasteiger partial charge in [0.2, 0.25) is 0 Å². The van der Waals surface area contributed by atoms with E-state index in [2.05, 4.69) is 0 Å². The van der Waals surface area contributed by atoms with Crippen LogP contribution in [0.2, 0.25) is 0 Å². The summed E-state index contributed by atoms with van der Waals surface area (Å²) in [5.74, 6) is -0.100. The van der Waals surface area contributed by atoms with Gasteiger partial charge in [-0.25, -0.2) is 8.42 Å². The lowest BCUT2D eigenvalue weighted by atomic mass is 9.92. The van der Waals surface area contributed by atoms with E-state index in [-0.39, 0.29) is 29.6 Å². The molecule has 0 saturated carbocycles. The molecule has 17 heavy (non-hydrogen) atoms. The van der Waals surface area contributed by atoms with Gasteiger partial charge in [-0.2, -0.15) is 0 Å². The van der Waals surface area contributed by atoms with Gasteiger partial charge >= 0.3 is 0 Å². The first-order chi connectivity index (χ1) is 7.87. The van der Waals surface area contributed by atoms with Crippen LogP contribution < -0.4 is 0 Å². The number of carbonyl (C=O) groups excluding carboxylic acids is 1. The van der Waals surface area contributed by atoms with Gasteiger partial charge in [-0.1, -0.05) is 33.6 Å². The Balaban J connectivity index is 4.10. The zero-order valence-electron chi connectivity index (χ0n) is 11.0. The molecule has 0 aliphatic carbocycles. The van der Waals surface area contributed by atoms with Crippen LogP contribution >= 0.6 is 0 Å². The standard InChI is InChI=1S/C12H24O4S/c1-4-10(5-2)12(14)11(13)8-7-9-17(15,16)6-3/h10,12,14H,4-9H2,1-3H3. The first kappa shape index (κ1) is 16.6. The van der Waals surface area contributed by atoms with Crippen molar-refractivity contribution in [3.05, 3.63) is 0 Å². The molecule has 0 aromatic carbocycles. The first-order valence-corrected chi connectivity index (χ1v) is 8.11. The van der Waals surface area contributed by atoms with E-state index in [1.807, 2.05) is 13.8 Å². The third kappa shape index (κ3) is 6.17. The fourth-order valence-electron chi connectivity index (χ4n) is 1.76. The van der Waals surface area contributed by atoms with E-state index >= 15 is 0 Å². The van der Waals surface area contributed by atoms with Gasteiger partial charge in [0, 0.05) is 12.2 Å². The number of hydrogen-bond acceptors (Lipinski definition) is 4. The normalized spacial score (nSPS) is 13.9. The largest absolute Gasteiger partial charge is 0.385 e. The van der Waals surface area contributed by atoms with Crippen molar-refractivity contribution in [3.63, 3.8) is 0 Å². The van der Waals surface area contributed by atoms with E-state index in [1.165, 1.54) is 0 Å². The maximum atomic E-state index is 11.6. The summed E-state index contributed by atoms with van der Waals surface area (Å²) in [5.41, 5.74) is 0. The van der Waals surface area contributed by atoms with Gasteiger partial charge in [-0.15, -0.1) is 0 Å². The van der Waals surface area contributed by atoms with Gasteiger partial charge in [0.05, 0.1) is 5.75 Å². The Morgan fingerprint density at radius 3 is 2.12 bits per heavy atom. The molecule has 0 heterocycles. The molecule has 5 heteroatoms. The van der Waals surface area contributed by atoms with E-state index < -0.39 is 15.9 Å². The van der Waals surface area contributed by atoms with E-state index in [1.54, 1.807) is 6.92 Å². The maximum Gasteiger partial charge on any atom is 0.161 e. The van der Waals surface area contributed by atoms with Crippen LogP contribution in [0.1, 0.15) is 46.5 Å². The molecule has 0 aliphatic rings. The minimum atomic E-state index is -3.01. The van der Waals surface area contributed by atoms with Crippen LogP contribution in [0.25, 0.3) is 0 Å². The highest BCUT2D eigenvalue weighted by atomic mass is 32.2. The Labute approximate surface area is 104 Å². The van der Waals surface area contributed by atoms with Crippen LogP contribution in [-0.2, 0) is 14.6 Å². The molecule has 102 valence electrons. The molecular formula is C12H24O4S. The maximum absolute atomic E-state index is 11.6. The molecule has 0 aromatic heterocycles. The molecule has 0 radical (unpaired) electrons. The number of sulfone groups is 1. The summed E-state index contributed by atoms with van der Waals surface area (Å²) in [6, 6.07) is 0. The third-order valence-corrected chi connectivity index (χ3v) is 4.93. The Kier molecular flexibility index (Phi) is 7.63. The summed E-state index contributed by atoms with van der Waals surface area (Å²) in [6.45, 7) is 5.47. The zero-order valence-corrected chi connectivity index (χ0v) is 11.8. The fourth-order valence-corrected chi connectivity index (χ4v) is 2.63. The number of hydrogen-bond donors (Lipinski definition) is 1. The van der Waals surface area contributed by atoms with Gasteiger partial charge in [0.25, 0.3) is 0 Å². The highest BCUT2D eigenvalue weighted by Gasteiger charge is 2.23. The molecule has 0 fully saturated rings. The summed E-state index contributed by atoms with van der Waals surface area (Å²) in [7, 11) is -3.01. The van der Waals surface area contributed by atoms with Crippen LogP contribution in [0.3, 0.4) is 0 Å². The van der Waals surface area contributed by atoms with Gasteiger partial charge in [-0.05, 0) is 12.3 Å². The number of aliphatic hydroxyl groups excluding tert-OH is 1. The van der Waals surface area contributed by atoms with E-state index in [0.717, 1.165) is 12.8 Å². The first-order valence-electron chi connectivity index (χ1n) is 6.29. The number of carbonyl (C=O) groups is 1. The van der Waals surface area contributed by atoms with E-state index in [4.69, 9.17) is 0 Å². The average Bonchev–Trinajstić information content (AvgIpc) is 2.30. The minimum Gasteiger partial charge on any atom is -0.385 e. The predicted octanol–water partition coefficient (Wildman–Crippen LogP) is 1.57. The monoisotopic (exact) mass is 264 g/mol. The van der Waals surface area contributed by atoms with Crippen molar-refractivity contribution in [2.45, 2.75) is 52.6 Å². The Morgan fingerprint density at radius 1 is 1.18 bits per heavy atom. The molecule has 0 spiro atoms. The molecule has 0 amide bonds. The third-order valence-electron chi connectivity index (χ3n) is 3.14. The topological polar surface area (TPSA) is 71.4 Å². The van der Waals surface area contributed by atoms with E-state index in [9.17, 15) is 18.3 Å². The SMILES string of the molecule is CCC(CC)C(O)C(=O)CCCS(=O)(=O)CC. The number of Topliss-reactive ketones (excluding diaryl/α,β-unsaturated/α-hetero) is 1. The molecule has 4 nitrogen and oxygen atoms in total. The summed E-state index contributed by atoms with van der Waals surface area (Å²) < 4.78 is 22.4. The molecule has 0 saturated heterocycles.